The Kier molecular flexibility index (Phi) is 3.12. The highest BCUT2D eigenvalue weighted by atomic mass is 16.1. The van der Waals surface area contributed by atoms with Gasteiger partial charge in [0, 0.05) is 11.4 Å². The second-order valence-electron chi connectivity index (χ2n) is 3.89. The summed E-state index contributed by atoms with van der Waals surface area (Å²) in [6.45, 7) is 3.95. The predicted octanol–water partition coefficient (Wildman–Crippen LogP) is 3.33. The van der Waals surface area contributed by atoms with Crippen molar-refractivity contribution < 1.29 is 4.79 Å². The molecule has 0 saturated carbocycles. The lowest BCUT2D eigenvalue weighted by molar-refractivity contribution is 0.565. The fraction of sp³-hybridized carbons (Fsp3) is 0.143. The summed E-state index contributed by atoms with van der Waals surface area (Å²) < 4.78 is 0. The molecule has 0 aliphatic carbocycles. The first-order valence-electron chi connectivity index (χ1n) is 5.32. The fourth-order valence-corrected chi connectivity index (χ4v) is 1.78. The van der Waals surface area contributed by atoms with Crippen LogP contribution in [0.3, 0.4) is 0 Å². The Labute approximate surface area is 99.9 Å². The Hall–Kier alpha value is -2.25. The van der Waals surface area contributed by atoms with Gasteiger partial charge in [0.2, 0.25) is 6.08 Å². The van der Waals surface area contributed by atoms with Crippen molar-refractivity contribution in [3.63, 3.8) is 0 Å². The van der Waals surface area contributed by atoms with Crippen molar-refractivity contribution in [2.45, 2.75) is 13.8 Å². The van der Waals surface area contributed by atoms with E-state index in [9.17, 15) is 4.79 Å². The second kappa shape index (κ2) is 4.73. The first kappa shape index (κ1) is 11.2. The number of rotatable bonds is 2. The molecule has 1 heterocycles. The molecule has 0 unspecified atom stereocenters. The summed E-state index contributed by atoms with van der Waals surface area (Å²) in [7, 11) is 0. The van der Waals surface area contributed by atoms with Gasteiger partial charge in [-0.1, -0.05) is 12.1 Å². The van der Waals surface area contributed by atoms with Crippen LogP contribution in [0.5, 0.6) is 0 Å². The molecule has 0 N–H and O–H groups in total. The van der Waals surface area contributed by atoms with Crippen LogP contribution in [0.4, 0.5) is 5.69 Å². The molecule has 0 spiro atoms. The topological polar surface area (TPSA) is 42.3 Å². The van der Waals surface area contributed by atoms with Crippen LogP contribution < -0.4 is 0 Å². The number of nitrogens with zero attached hydrogens (tertiary/aromatic N) is 2. The lowest BCUT2D eigenvalue weighted by Crippen LogP contribution is -1.87. The monoisotopic (exact) mass is 224 g/mol. The highest BCUT2D eigenvalue weighted by Gasteiger charge is 2.00. The van der Waals surface area contributed by atoms with Crippen LogP contribution >= 0.6 is 0 Å². The molecule has 0 saturated heterocycles. The summed E-state index contributed by atoms with van der Waals surface area (Å²) in [4.78, 5) is 18.0. The van der Waals surface area contributed by atoms with E-state index in [0.29, 0.717) is 5.69 Å². The van der Waals surface area contributed by atoms with Gasteiger partial charge in [0.05, 0.1) is 5.69 Å². The van der Waals surface area contributed by atoms with Gasteiger partial charge >= 0.3 is 0 Å². The highest BCUT2D eigenvalue weighted by molar-refractivity contribution is 5.66. The van der Waals surface area contributed by atoms with Crippen LogP contribution in [0.2, 0.25) is 0 Å². The average Bonchev–Trinajstić information content (AvgIpc) is 2.29. The largest absolute Gasteiger partial charge is 0.258 e. The molecule has 1 aromatic heterocycles. The van der Waals surface area contributed by atoms with E-state index < -0.39 is 0 Å². The van der Waals surface area contributed by atoms with Crippen molar-refractivity contribution in [2.75, 3.05) is 0 Å². The molecule has 2 aromatic rings. The van der Waals surface area contributed by atoms with Crippen LogP contribution in [0.25, 0.3) is 11.1 Å². The van der Waals surface area contributed by atoms with E-state index >= 15 is 0 Å². The third-order valence-electron chi connectivity index (χ3n) is 2.46. The van der Waals surface area contributed by atoms with Crippen molar-refractivity contribution in [2.24, 2.45) is 4.99 Å². The Morgan fingerprint density at radius 3 is 2.12 bits per heavy atom. The third kappa shape index (κ3) is 2.65. The highest BCUT2D eigenvalue weighted by Crippen LogP contribution is 2.23. The lowest BCUT2D eigenvalue weighted by atomic mass is 10.0. The number of aliphatic imine (C=N–C) groups is 1. The Bertz CT molecular complexity index is 561. The van der Waals surface area contributed by atoms with Gasteiger partial charge in [0.25, 0.3) is 0 Å². The molecule has 0 fully saturated rings. The molecule has 0 radical (unpaired) electrons. The van der Waals surface area contributed by atoms with E-state index in [1.54, 1.807) is 12.1 Å². The first-order valence-corrected chi connectivity index (χ1v) is 5.32. The molecule has 2 rings (SSSR count). The number of aromatic nitrogens is 1. The Morgan fingerprint density at radius 2 is 1.59 bits per heavy atom. The van der Waals surface area contributed by atoms with Crippen LogP contribution in [-0.2, 0) is 4.79 Å². The third-order valence-corrected chi connectivity index (χ3v) is 2.46. The van der Waals surface area contributed by atoms with Crippen molar-refractivity contribution in [1.82, 2.24) is 4.98 Å². The minimum atomic E-state index is 0.617. The van der Waals surface area contributed by atoms with E-state index in [1.807, 2.05) is 38.1 Å². The van der Waals surface area contributed by atoms with E-state index in [2.05, 4.69) is 9.98 Å². The molecule has 17 heavy (non-hydrogen) atoms. The van der Waals surface area contributed by atoms with Gasteiger partial charge in [-0.25, -0.2) is 4.79 Å². The van der Waals surface area contributed by atoms with E-state index in [-0.39, 0.29) is 0 Å². The summed E-state index contributed by atoms with van der Waals surface area (Å²) in [6, 6.07) is 11.5. The Balaban J connectivity index is 2.42. The molecular weight excluding hydrogens is 212 g/mol. The number of hydrogen-bond acceptors (Lipinski definition) is 3. The van der Waals surface area contributed by atoms with Gasteiger partial charge < -0.3 is 0 Å². The van der Waals surface area contributed by atoms with E-state index in [4.69, 9.17) is 0 Å². The van der Waals surface area contributed by atoms with Crippen LogP contribution in [0, 0.1) is 13.8 Å². The maximum Gasteiger partial charge on any atom is 0.240 e. The fourth-order valence-electron chi connectivity index (χ4n) is 1.78. The van der Waals surface area contributed by atoms with Crippen molar-refractivity contribution in [3.8, 4) is 11.1 Å². The zero-order valence-corrected chi connectivity index (χ0v) is 9.77. The molecule has 3 heteroatoms. The summed E-state index contributed by atoms with van der Waals surface area (Å²) in [6.07, 6.45) is 1.53. The van der Waals surface area contributed by atoms with Gasteiger partial charge in [-0.2, -0.15) is 4.99 Å². The number of aryl methyl sites for hydroxylation is 2. The van der Waals surface area contributed by atoms with Gasteiger partial charge in [-0.15, -0.1) is 0 Å². The minimum Gasteiger partial charge on any atom is -0.258 e. The Morgan fingerprint density at radius 1 is 1.00 bits per heavy atom. The molecule has 1 aromatic carbocycles. The van der Waals surface area contributed by atoms with Crippen molar-refractivity contribution >= 4 is 11.8 Å². The lowest BCUT2D eigenvalue weighted by Gasteiger charge is -2.04. The molecule has 84 valence electrons. The van der Waals surface area contributed by atoms with Gasteiger partial charge in [0.1, 0.15) is 0 Å². The zero-order valence-electron chi connectivity index (χ0n) is 9.77. The summed E-state index contributed by atoms with van der Waals surface area (Å²) >= 11 is 0. The van der Waals surface area contributed by atoms with Crippen molar-refractivity contribution in [3.05, 3.63) is 47.8 Å². The summed E-state index contributed by atoms with van der Waals surface area (Å²) in [5, 5.41) is 0. The predicted molar refractivity (Wildman–Crippen MR) is 66.9 cm³/mol. The summed E-state index contributed by atoms with van der Waals surface area (Å²) in [5.74, 6) is 0. The average molecular weight is 224 g/mol. The van der Waals surface area contributed by atoms with Crippen LogP contribution in [0.15, 0.2) is 41.4 Å². The molecular formula is C14H12N2O. The minimum absolute atomic E-state index is 0.617. The van der Waals surface area contributed by atoms with Gasteiger partial charge in [0.15, 0.2) is 0 Å². The quantitative estimate of drug-likeness (QED) is 0.580. The van der Waals surface area contributed by atoms with E-state index in [1.165, 1.54) is 6.08 Å². The smallest absolute Gasteiger partial charge is 0.240 e. The van der Waals surface area contributed by atoms with Gasteiger partial charge in [-0.05, 0) is 49.2 Å². The van der Waals surface area contributed by atoms with E-state index in [0.717, 1.165) is 22.5 Å². The second-order valence-corrected chi connectivity index (χ2v) is 3.89. The maximum absolute atomic E-state index is 10.1. The number of hydrogen-bond donors (Lipinski definition) is 0. The van der Waals surface area contributed by atoms with Gasteiger partial charge in [-0.3, -0.25) is 4.98 Å². The normalized spacial score (nSPS) is 9.76. The van der Waals surface area contributed by atoms with Crippen molar-refractivity contribution in [1.29, 1.82) is 0 Å². The summed E-state index contributed by atoms with van der Waals surface area (Å²) in [5.41, 5.74) is 4.82. The molecule has 0 aliphatic heterocycles. The molecule has 0 aliphatic rings. The first-order chi connectivity index (χ1) is 8.19. The SMILES string of the molecule is Cc1cc(-c2ccc(N=C=O)cc2)cc(C)n1. The molecule has 0 atom stereocenters. The number of pyridine rings is 1. The molecule has 0 amide bonds. The van der Waals surface area contributed by atoms with Crippen LogP contribution in [-0.4, -0.2) is 11.1 Å². The molecule has 0 bridgehead atoms. The standard InChI is InChI=1S/C14H12N2O/c1-10-7-13(8-11(2)16-10)12-3-5-14(6-4-12)15-9-17/h3-8H,1-2H3. The number of isocyanates is 1. The maximum atomic E-state index is 10.1. The zero-order chi connectivity index (χ0) is 12.3. The number of benzene rings is 1. The molecule has 3 nitrogen and oxygen atoms in total. The number of carbonyl (C=O) groups excluding carboxylic acids is 1. The van der Waals surface area contributed by atoms with Crippen LogP contribution in [0.1, 0.15) is 11.4 Å².